The Morgan fingerprint density at radius 1 is 1.00 bits per heavy atom. The normalized spacial score (nSPS) is 27.8. The van der Waals surface area contributed by atoms with Crippen molar-refractivity contribution in [3.05, 3.63) is 77.9 Å². The number of rotatable bonds is 7. The molecule has 4 bridgehead atoms. The number of sulfonamides is 1. The van der Waals surface area contributed by atoms with Crippen LogP contribution in [0.25, 0.3) is 17.2 Å². The average molecular weight is 786 g/mol. The molecule has 4 aliphatic carbocycles. The molecule has 1 aliphatic heterocycles. The molecule has 1 heterocycles. The van der Waals surface area contributed by atoms with Gasteiger partial charge >= 0.3 is 6.09 Å². The van der Waals surface area contributed by atoms with Crippen LogP contribution in [0, 0.1) is 17.8 Å². The Kier molecular flexibility index (Phi) is 10.9. The molecule has 0 saturated heterocycles. The van der Waals surface area contributed by atoms with Gasteiger partial charge in [-0.1, -0.05) is 72.6 Å². The van der Waals surface area contributed by atoms with Gasteiger partial charge in [0.25, 0.3) is 5.91 Å². The molecule has 0 spiro atoms. The van der Waals surface area contributed by atoms with Gasteiger partial charge in [0.05, 0.1) is 17.1 Å². The van der Waals surface area contributed by atoms with Gasteiger partial charge in [-0.15, -0.1) is 6.58 Å². The number of fused-ring (bicyclic) bond motifs is 6. The van der Waals surface area contributed by atoms with E-state index in [1.54, 1.807) is 20.8 Å². The second-order valence-corrected chi connectivity index (χ2v) is 18.6. The average Bonchev–Trinajstić information content (AvgIpc) is 4.06. The first-order valence-electron chi connectivity index (χ1n) is 19.7. The number of hydrogen-bond acceptors (Lipinski definition) is 9. The van der Waals surface area contributed by atoms with Gasteiger partial charge in [0.1, 0.15) is 23.0 Å². The summed E-state index contributed by atoms with van der Waals surface area (Å²) >= 11 is 0. The van der Waals surface area contributed by atoms with Crippen LogP contribution in [0.4, 0.5) is 4.79 Å². The van der Waals surface area contributed by atoms with Crippen LogP contribution >= 0.6 is 0 Å². The van der Waals surface area contributed by atoms with Crippen LogP contribution in [0.15, 0.2) is 66.4 Å². The Morgan fingerprint density at radius 2 is 1.73 bits per heavy atom. The summed E-state index contributed by atoms with van der Waals surface area (Å²) < 4.78 is 33.2. The lowest BCUT2D eigenvalue weighted by Crippen LogP contribution is -2.55. The van der Waals surface area contributed by atoms with Crippen LogP contribution < -0.4 is 15.5 Å². The highest BCUT2D eigenvalue weighted by molar-refractivity contribution is 7.91. The zero-order chi connectivity index (χ0) is 39.8. The van der Waals surface area contributed by atoms with Gasteiger partial charge in [-0.25, -0.2) is 18.6 Å². The third kappa shape index (κ3) is 8.40. The Hall–Kier alpha value is -4.98. The van der Waals surface area contributed by atoms with Crippen molar-refractivity contribution in [1.29, 1.82) is 0 Å². The van der Waals surface area contributed by atoms with E-state index in [1.807, 2.05) is 24.3 Å². The highest BCUT2D eigenvalue weighted by atomic mass is 32.2. The van der Waals surface area contributed by atoms with E-state index in [2.05, 4.69) is 52.4 Å². The summed E-state index contributed by atoms with van der Waals surface area (Å²) in [5.74, 6) is -4.41. The summed E-state index contributed by atoms with van der Waals surface area (Å²) in [6.07, 6.45) is 9.68. The fourth-order valence-electron chi connectivity index (χ4n) is 8.00. The number of hydrogen-bond donors (Lipinski definition) is 3. The number of benzene rings is 2. The van der Waals surface area contributed by atoms with E-state index in [9.17, 15) is 27.6 Å². The molecular formula is C42H51N5O8S. The lowest BCUT2D eigenvalue weighted by atomic mass is 9.93. The van der Waals surface area contributed by atoms with E-state index >= 15 is 0 Å². The maximum absolute atomic E-state index is 14.6. The van der Waals surface area contributed by atoms with Crippen molar-refractivity contribution >= 4 is 45.6 Å². The van der Waals surface area contributed by atoms with Gasteiger partial charge in [-0.3, -0.25) is 24.1 Å². The molecule has 0 radical (unpaired) electrons. The lowest BCUT2D eigenvalue weighted by Gasteiger charge is -2.30. The van der Waals surface area contributed by atoms with Crippen LogP contribution in [0.1, 0.15) is 102 Å². The molecule has 3 N–H and O–H groups in total. The van der Waals surface area contributed by atoms with Crippen LogP contribution in [-0.2, 0) is 34.0 Å². The molecule has 13 nitrogen and oxygen atoms in total. The molecular weight excluding hydrogens is 735 g/mol. The lowest BCUT2D eigenvalue weighted by molar-refractivity contribution is -0.144. The third-order valence-corrected chi connectivity index (χ3v) is 13.0. The molecule has 56 heavy (non-hydrogen) atoms. The molecule has 0 unspecified atom stereocenters. The summed E-state index contributed by atoms with van der Waals surface area (Å²) in [7, 11) is -3.89. The SMILES string of the molecule is C=C[C@H]1C[C@]1(NC(=O)[C@@H]1C[C@@H]2C[C@H]1C(=O)N(NC(=O)OC(C)(C)C)CCCCCC/C=C/c1ccc3c(c1)/C(=N\O2)c1ccccc1-3)C(=O)NS(=O)(=O)C1CC1. The standard InChI is InChI=1S/C42H51N5O8S/c1-5-27-25-42(27,39(50)46-56(52,53)29-18-19-29)43-37(48)34-23-28-24-35(34)38(49)47(44-40(51)54-41(2,3)4)21-13-9-7-6-8-10-14-26-17-20-31-30-15-11-12-16-32(30)36(45-55-28)33(31)22-26/h5,10-12,14-17,20,22,27-29,34-35H,1,6-9,13,18-19,21,23-25H2,2-4H3,(H,43,48)(H,44,51)(H,46,50)/b14-10+,45-36-/t27-,28+,34+,35+,42+/m0/s1. The van der Waals surface area contributed by atoms with Gasteiger partial charge in [0.15, 0.2) is 0 Å². The summed E-state index contributed by atoms with van der Waals surface area (Å²) in [4.78, 5) is 61.8. The van der Waals surface area contributed by atoms with E-state index in [1.165, 1.54) is 11.1 Å². The molecule has 5 atom stereocenters. The first kappa shape index (κ1) is 39.3. The van der Waals surface area contributed by atoms with Crippen LogP contribution in [0.3, 0.4) is 0 Å². The molecule has 298 valence electrons. The monoisotopic (exact) mass is 785 g/mol. The minimum Gasteiger partial charge on any atom is -0.443 e. The van der Waals surface area contributed by atoms with Crippen molar-refractivity contribution in [2.24, 2.45) is 22.9 Å². The zero-order valence-corrected chi connectivity index (χ0v) is 33.0. The number of ether oxygens (including phenoxy) is 1. The van der Waals surface area contributed by atoms with Gasteiger partial charge in [0.2, 0.25) is 21.8 Å². The highest BCUT2D eigenvalue weighted by Crippen LogP contribution is 2.47. The maximum atomic E-state index is 14.6. The Labute approximate surface area is 328 Å². The zero-order valence-electron chi connectivity index (χ0n) is 32.2. The number of oxime groups is 1. The molecule has 2 aromatic rings. The first-order valence-corrected chi connectivity index (χ1v) is 21.2. The van der Waals surface area contributed by atoms with Gasteiger partial charge in [-0.05, 0) is 94.9 Å². The summed E-state index contributed by atoms with van der Waals surface area (Å²) in [6, 6.07) is 14.2. The number of nitrogens with zero attached hydrogens (tertiary/aromatic N) is 2. The third-order valence-electron chi connectivity index (χ3n) is 11.2. The van der Waals surface area contributed by atoms with E-state index in [4.69, 9.17) is 14.7 Å². The smallest absolute Gasteiger partial charge is 0.426 e. The van der Waals surface area contributed by atoms with Crippen molar-refractivity contribution in [2.75, 3.05) is 6.54 Å². The maximum Gasteiger partial charge on any atom is 0.426 e. The molecule has 2 aromatic carbocycles. The van der Waals surface area contributed by atoms with Gasteiger partial charge in [0, 0.05) is 23.6 Å². The van der Waals surface area contributed by atoms with Crippen molar-refractivity contribution in [3.63, 3.8) is 0 Å². The van der Waals surface area contributed by atoms with Crippen molar-refractivity contribution < 1.29 is 37.2 Å². The number of amides is 4. The molecule has 0 aromatic heterocycles. The second-order valence-electron chi connectivity index (χ2n) is 16.6. The Bertz CT molecular complexity index is 2090. The van der Waals surface area contributed by atoms with E-state index < -0.39 is 74.1 Å². The molecule has 7 rings (SSSR count). The molecule has 4 amide bonds. The molecule has 3 fully saturated rings. The minimum absolute atomic E-state index is 0.0768. The summed E-state index contributed by atoms with van der Waals surface area (Å²) in [6.45, 7) is 9.16. The van der Waals surface area contributed by atoms with Crippen molar-refractivity contribution in [1.82, 2.24) is 20.5 Å². The van der Waals surface area contributed by atoms with E-state index in [-0.39, 0.29) is 25.8 Å². The van der Waals surface area contributed by atoms with Gasteiger partial charge in [-0.2, -0.15) is 0 Å². The Morgan fingerprint density at radius 3 is 2.45 bits per heavy atom. The van der Waals surface area contributed by atoms with Crippen LogP contribution in [0.2, 0.25) is 0 Å². The number of nitrogens with one attached hydrogen (secondary N) is 3. The van der Waals surface area contributed by atoms with Crippen molar-refractivity contribution in [2.45, 2.75) is 107 Å². The fraction of sp³-hybridized carbons (Fsp3) is 0.500. The summed E-state index contributed by atoms with van der Waals surface area (Å²) in [5.41, 5.74) is 5.84. The minimum atomic E-state index is -3.89. The Balaban J connectivity index is 1.21. The highest BCUT2D eigenvalue weighted by Gasteiger charge is 2.62. The van der Waals surface area contributed by atoms with E-state index in [0.717, 1.165) is 53.5 Å². The number of allylic oxidation sites excluding steroid dienone is 1. The number of carbonyl (C=O) groups is 4. The predicted molar refractivity (Wildman–Crippen MR) is 211 cm³/mol. The first-order chi connectivity index (χ1) is 26.7. The summed E-state index contributed by atoms with van der Waals surface area (Å²) in [5, 5.41) is 8.14. The molecule has 3 saturated carbocycles. The quantitative estimate of drug-likeness (QED) is 0.254. The number of carbonyl (C=O) groups excluding carboxylic acids is 4. The topological polar surface area (TPSA) is 173 Å². The predicted octanol–water partition coefficient (Wildman–Crippen LogP) is 5.75. The molecule has 5 aliphatic rings. The van der Waals surface area contributed by atoms with Crippen LogP contribution in [-0.4, -0.2) is 72.0 Å². The van der Waals surface area contributed by atoms with Crippen LogP contribution in [0.5, 0.6) is 0 Å². The largest absolute Gasteiger partial charge is 0.443 e. The second kappa shape index (κ2) is 15.5. The van der Waals surface area contributed by atoms with Crippen molar-refractivity contribution in [3.8, 4) is 11.1 Å². The fourth-order valence-corrected chi connectivity index (χ4v) is 9.36. The number of hydrazine groups is 1. The molecule has 14 heteroatoms. The van der Waals surface area contributed by atoms with E-state index in [0.29, 0.717) is 25.0 Å². The van der Waals surface area contributed by atoms with Gasteiger partial charge < -0.3 is 14.9 Å².